The minimum atomic E-state index is -1.05. The summed E-state index contributed by atoms with van der Waals surface area (Å²) in [6.45, 7) is 1.79. The van der Waals surface area contributed by atoms with Crippen molar-refractivity contribution < 1.29 is 14.3 Å². The lowest BCUT2D eigenvalue weighted by Gasteiger charge is -2.04. The Bertz CT molecular complexity index is 369. The van der Waals surface area contributed by atoms with Crippen LogP contribution in [0.4, 0.5) is 4.39 Å². The highest BCUT2D eigenvalue weighted by atomic mass is 19.1. The summed E-state index contributed by atoms with van der Waals surface area (Å²) in [5.41, 5.74) is 0.855. The molecule has 3 heteroatoms. The predicted molar refractivity (Wildman–Crippen MR) is 52.3 cm³/mol. The van der Waals surface area contributed by atoms with Crippen LogP contribution in [-0.4, -0.2) is 11.1 Å². The van der Waals surface area contributed by atoms with E-state index in [2.05, 4.69) is 0 Å². The summed E-state index contributed by atoms with van der Waals surface area (Å²) in [5.74, 6) is -1.44. The summed E-state index contributed by atoms with van der Waals surface area (Å²) in [5, 5.41) is 8.57. The topological polar surface area (TPSA) is 37.3 Å². The number of hydrogen-bond acceptors (Lipinski definition) is 1. The molecule has 2 nitrogen and oxygen atoms in total. The lowest BCUT2D eigenvalue weighted by atomic mass is 10.0. The van der Waals surface area contributed by atoms with E-state index in [1.807, 2.05) is 0 Å². The van der Waals surface area contributed by atoms with Crippen LogP contribution in [0.5, 0.6) is 0 Å². The van der Waals surface area contributed by atoms with Crippen LogP contribution >= 0.6 is 0 Å². The van der Waals surface area contributed by atoms with Crippen molar-refractivity contribution in [3.05, 3.63) is 41.7 Å². The van der Waals surface area contributed by atoms with Crippen LogP contribution in [0.1, 0.15) is 18.9 Å². The number of carboxylic acid groups (broad SMARTS) is 1. The summed E-state index contributed by atoms with van der Waals surface area (Å²) in [7, 11) is 0. The van der Waals surface area contributed by atoms with Crippen molar-refractivity contribution in [1.82, 2.24) is 0 Å². The number of allylic oxidation sites excluding steroid dienone is 1. The van der Waals surface area contributed by atoms with Gasteiger partial charge >= 0.3 is 5.97 Å². The quantitative estimate of drug-likeness (QED) is 0.751. The van der Waals surface area contributed by atoms with E-state index in [1.54, 1.807) is 25.1 Å². The van der Waals surface area contributed by atoms with Gasteiger partial charge in [0, 0.05) is 11.6 Å². The lowest BCUT2D eigenvalue weighted by Crippen LogP contribution is -1.94. The second kappa shape index (κ2) is 4.56. The van der Waals surface area contributed by atoms with E-state index in [1.165, 1.54) is 6.07 Å². The molecular formula is C11H11FO2. The van der Waals surface area contributed by atoms with E-state index in [0.29, 0.717) is 17.6 Å². The molecule has 1 aromatic carbocycles. The first-order valence-electron chi connectivity index (χ1n) is 4.33. The molecule has 0 atom stereocenters. The highest BCUT2D eigenvalue weighted by Gasteiger charge is 2.06. The molecule has 1 aromatic rings. The van der Waals surface area contributed by atoms with Gasteiger partial charge in [-0.05, 0) is 18.1 Å². The van der Waals surface area contributed by atoms with Gasteiger partial charge in [0.05, 0.1) is 0 Å². The summed E-state index contributed by atoms with van der Waals surface area (Å²) in [6, 6.07) is 6.16. The summed E-state index contributed by atoms with van der Waals surface area (Å²) < 4.78 is 13.2. The van der Waals surface area contributed by atoms with Crippen molar-refractivity contribution in [2.75, 3.05) is 0 Å². The second-order valence-corrected chi connectivity index (χ2v) is 2.84. The molecule has 1 rings (SSSR count). The summed E-state index contributed by atoms with van der Waals surface area (Å²) in [6.07, 6.45) is 1.53. The molecule has 0 heterocycles. The minimum absolute atomic E-state index is 0.359. The standard InChI is InChI=1S/C11H11FO2/c1-2-8(7-11(13)14)9-5-3-4-6-10(9)12/h3-7H,2H2,1H3,(H,13,14). The Balaban J connectivity index is 3.13. The first kappa shape index (κ1) is 10.4. The van der Waals surface area contributed by atoms with E-state index in [0.717, 1.165) is 6.08 Å². The molecule has 0 unspecified atom stereocenters. The van der Waals surface area contributed by atoms with Crippen molar-refractivity contribution in [3.63, 3.8) is 0 Å². The van der Waals surface area contributed by atoms with Gasteiger partial charge in [0.1, 0.15) is 5.82 Å². The maximum absolute atomic E-state index is 13.2. The number of carbonyl (C=O) groups is 1. The molecule has 0 saturated carbocycles. The second-order valence-electron chi connectivity index (χ2n) is 2.84. The average Bonchev–Trinajstić information content (AvgIpc) is 2.15. The monoisotopic (exact) mass is 194 g/mol. The van der Waals surface area contributed by atoms with Crippen LogP contribution in [0.3, 0.4) is 0 Å². The van der Waals surface area contributed by atoms with Crippen molar-refractivity contribution in [2.24, 2.45) is 0 Å². The number of rotatable bonds is 3. The Kier molecular flexibility index (Phi) is 3.40. The molecule has 0 saturated heterocycles. The van der Waals surface area contributed by atoms with Gasteiger partial charge in [-0.1, -0.05) is 25.1 Å². The maximum Gasteiger partial charge on any atom is 0.328 e. The number of aliphatic carboxylic acids is 1. The van der Waals surface area contributed by atoms with E-state index < -0.39 is 5.97 Å². The van der Waals surface area contributed by atoms with Crippen molar-refractivity contribution in [3.8, 4) is 0 Å². The van der Waals surface area contributed by atoms with Gasteiger partial charge in [0.2, 0.25) is 0 Å². The first-order valence-corrected chi connectivity index (χ1v) is 4.33. The van der Waals surface area contributed by atoms with Gasteiger partial charge in [-0.15, -0.1) is 0 Å². The third-order valence-electron chi connectivity index (χ3n) is 1.90. The number of halogens is 1. The molecule has 0 amide bonds. The molecule has 0 aliphatic carbocycles. The van der Waals surface area contributed by atoms with Gasteiger partial charge < -0.3 is 5.11 Å². The molecule has 74 valence electrons. The molecule has 0 fully saturated rings. The lowest BCUT2D eigenvalue weighted by molar-refractivity contribution is -0.131. The molecule has 0 aliphatic rings. The van der Waals surface area contributed by atoms with Crippen molar-refractivity contribution >= 4 is 11.5 Å². The fraction of sp³-hybridized carbons (Fsp3) is 0.182. The zero-order valence-electron chi connectivity index (χ0n) is 7.83. The molecule has 14 heavy (non-hydrogen) atoms. The summed E-state index contributed by atoms with van der Waals surface area (Å²) in [4.78, 5) is 10.5. The molecule has 0 spiro atoms. The fourth-order valence-corrected chi connectivity index (χ4v) is 1.24. The van der Waals surface area contributed by atoms with E-state index in [4.69, 9.17) is 5.11 Å². The van der Waals surface area contributed by atoms with E-state index in [-0.39, 0.29) is 5.82 Å². The smallest absolute Gasteiger partial charge is 0.328 e. The van der Waals surface area contributed by atoms with Gasteiger partial charge in [0.25, 0.3) is 0 Å². The van der Waals surface area contributed by atoms with Gasteiger partial charge in [0.15, 0.2) is 0 Å². The van der Waals surface area contributed by atoms with Crippen LogP contribution in [0.15, 0.2) is 30.3 Å². The fourth-order valence-electron chi connectivity index (χ4n) is 1.24. The molecule has 1 N–H and O–H groups in total. The van der Waals surface area contributed by atoms with Crippen LogP contribution in [-0.2, 0) is 4.79 Å². The van der Waals surface area contributed by atoms with Crippen LogP contribution < -0.4 is 0 Å². The SMILES string of the molecule is CCC(=CC(=O)O)c1ccccc1F. The van der Waals surface area contributed by atoms with Gasteiger partial charge in [-0.25, -0.2) is 9.18 Å². The predicted octanol–water partition coefficient (Wildman–Crippen LogP) is 2.70. The largest absolute Gasteiger partial charge is 0.478 e. The Hall–Kier alpha value is -1.64. The third-order valence-corrected chi connectivity index (χ3v) is 1.90. The highest BCUT2D eigenvalue weighted by molar-refractivity contribution is 5.90. The zero-order valence-corrected chi connectivity index (χ0v) is 7.83. The Labute approximate surface area is 81.7 Å². The van der Waals surface area contributed by atoms with Crippen LogP contribution in [0.25, 0.3) is 5.57 Å². The Morgan fingerprint density at radius 2 is 2.14 bits per heavy atom. The Morgan fingerprint density at radius 3 is 2.64 bits per heavy atom. The summed E-state index contributed by atoms with van der Waals surface area (Å²) >= 11 is 0. The van der Waals surface area contributed by atoms with Gasteiger partial charge in [-0.3, -0.25) is 0 Å². The number of benzene rings is 1. The van der Waals surface area contributed by atoms with E-state index >= 15 is 0 Å². The molecule has 0 bridgehead atoms. The van der Waals surface area contributed by atoms with Crippen molar-refractivity contribution in [2.45, 2.75) is 13.3 Å². The first-order chi connectivity index (χ1) is 6.65. The van der Waals surface area contributed by atoms with Gasteiger partial charge in [-0.2, -0.15) is 0 Å². The van der Waals surface area contributed by atoms with Crippen LogP contribution in [0.2, 0.25) is 0 Å². The maximum atomic E-state index is 13.2. The van der Waals surface area contributed by atoms with Crippen molar-refractivity contribution in [1.29, 1.82) is 0 Å². The normalized spacial score (nSPS) is 11.4. The zero-order chi connectivity index (χ0) is 10.6. The number of carboxylic acids is 1. The van der Waals surface area contributed by atoms with E-state index in [9.17, 15) is 9.18 Å². The average molecular weight is 194 g/mol. The van der Waals surface area contributed by atoms with Crippen LogP contribution in [0, 0.1) is 5.82 Å². The third kappa shape index (κ3) is 2.42. The molecule has 0 aromatic heterocycles. The minimum Gasteiger partial charge on any atom is -0.478 e. The Morgan fingerprint density at radius 1 is 1.50 bits per heavy atom. The molecular weight excluding hydrogens is 183 g/mol. The number of hydrogen-bond donors (Lipinski definition) is 1. The molecule has 0 radical (unpaired) electrons. The molecule has 0 aliphatic heterocycles. The highest BCUT2D eigenvalue weighted by Crippen LogP contribution is 2.20.